The number of nitrogens with one attached hydrogen (secondary N) is 2. The van der Waals surface area contributed by atoms with E-state index < -0.39 is 10.2 Å². The fraction of sp³-hybridized carbons (Fsp3) is 0.917. The van der Waals surface area contributed by atoms with E-state index in [1.807, 2.05) is 6.92 Å². The average Bonchev–Trinajstić information content (AvgIpc) is 2.48. The summed E-state index contributed by atoms with van der Waals surface area (Å²) in [5, 5.41) is 6.09. The Kier molecular flexibility index (Phi) is 5.36. The third-order valence-corrected chi connectivity index (χ3v) is 5.90. The van der Waals surface area contributed by atoms with Crippen LogP contribution in [0.4, 0.5) is 0 Å². The predicted molar refractivity (Wildman–Crippen MR) is 76.4 cm³/mol. The van der Waals surface area contributed by atoms with E-state index in [4.69, 9.17) is 0 Å². The van der Waals surface area contributed by atoms with Crippen molar-refractivity contribution in [3.63, 3.8) is 0 Å². The van der Waals surface area contributed by atoms with E-state index in [2.05, 4.69) is 10.6 Å². The highest BCUT2D eigenvalue weighted by Crippen LogP contribution is 2.17. The van der Waals surface area contributed by atoms with Crippen molar-refractivity contribution in [3.05, 3.63) is 0 Å². The standard InChI is InChI=1S/C12H24N4O3S/c1-2-12(17)14-11-3-7-15(8-4-11)20(18,19)16-9-5-13-6-10-16/h11,13H,2-10H2,1H3,(H,14,17). The lowest BCUT2D eigenvalue weighted by Gasteiger charge is -2.36. The largest absolute Gasteiger partial charge is 0.353 e. The number of carbonyl (C=O) groups excluding carboxylic acids is 1. The third-order valence-electron chi connectivity index (χ3n) is 3.87. The van der Waals surface area contributed by atoms with E-state index in [0.717, 1.165) is 0 Å². The van der Waals surface area contributed by atoms with Crippen LogP contribution in [0, 0.1) is 0 Å². The molecule has 2 N–H and O–H groups in total. The molecule has 0 aromatic carbocycles. The van der Waals surface area contributed by atoms with Crippen molar-refractivity contribution in [2.75, 3.05) is 39.3 Å². The summed E-state index contributed by atoms with van der Waals surface area (Å²) in [7, 11) is -3.33. The van der Waals surface area contributed by atoms with E-state index in [9.17, 15) is 13.2 Å². The Hall–Kier alpha value is -0.700. The topological polar surface area (TPSA) is 81.8 Å². The van der Waals surface area contributed by atoms with Crippen LogP contribution in [0.3, 0.4) is 0 Å². The first-order valence-electron chi connectivity index (χ1n) is 7.29. The smallest absolute Gasteiger partial charge is 0.282 e. The van der Waals surface area contributed by atoms with Crippen LogP contribution in [-0.2, 0) is 15.0 Å². The van der Waals surface area contributed by atoms with Crippen molar-refractivity contribution in [3.8, 4) is 0 Å². The summed E-state index contributed by atoms with van der Waals surface area (Å²) in [6, 6.07) is 0.108. The monoisotopic (exact) mass is 304 g/mol. The highest BCUT2D eigenvalue weighted by atomic mass is 32.2. The van der Waals surface area contributed by atoms with Crippen LogP contribution >= 0.6 is 0 Å². The van der Waals surface area contributed by atoms with Crippen LogP contribution in [-0.4, -0.2) is 68.2 Å². The zero-order valence-corrected chi connectivity index (χ0v) is 12.8. The Morgan fingerprint density at radius 3 is 2.25 bits per heavy atom. The Morgan fingerprint density at radius 1 is 1.15 bits per heavy atom. The molecule has 0 saturated carbocycles. The van der Waals surface area contributed by atoms with Gasteiger partial charge in [-0.25, -0.2) is 0 Å². The van der Waals surface area contributed by atoms with Gasteiger partial charge in [0.2, 0.25) is 5.91 Å². The Bertz CT molecular complexity index is 426. The summed E-state index contributed by atoms with van der Waals surface area (Å²) in [4.78, 5) is 11.3. The van der Waals surface area contributed by atoms with Crippen molar-refractivity contribution in [2.24, 2.45) is 0 Å². The molecule has 20 heavy (non-hydrogen) atoms. The van der Waals surface area contributed by atoms with Gasteiger partial charge in [0.1, 0.15) is 0 Å². The van der Waals surface area contributed by atoms with Gasteiger partial charge in [0.15, 0.2) is 0 Å². The first kappa shape index (κ1) is 15.7. The van der Waals surface area contributed by atoms with Crippen LogP contribution in [0.2, 0.25) is 0 Å². The minimum atomic E-state index is -3.33. The molecule has 0 aromatic rings. The predicted octanol–water partition coefficient (Wildman–Crippen LogP) is -0.873. The number of rotatable bonds is 4. The SMILES string of the molecule is CCC(=O)NC1CCN(S(=O)(=O)N2CCNCC2)CC1. The van der Waals surface area contributed by atoms with Crippen molar-refractivity contribution in [1.29, 1.82) is 0 Å². The summed E-state index contributed by atoms with van der Waals surface area (Å²) < 4.78 is 28.0. The maximum Gasteiger partial charge on any atom is 0.282 e. The second-order valence-electron chi connectivity index (χ2n) is 5.25. The van der Waals surface area contributed by atoms with Crippen LogP contribution in [0.5, 0.6) is 0 Å². The van der Waals surface area contributed by atoms with Crippen LogP contribution in [0.25, 0.3) is 0 Å². The molecule has 0 aromatic heterocycles. The maximum absolute atomic E-state index is 12.5. The van der Waals surface area contributed by atoms with E-state index >= 15 is 0 Å². The van der Waals surface area contributed by atoms with Crippen molar-refractivity contribution in [1.82, 2.24) is 19.2 Å². The molecule has 2 heterocycles. The Morgan fingerprint density at radius 2 is 1.70 bits per heavy atom. The molecule has 116 valence electrons. The summed E-state index contributed by atoms with van der Waals surface area (Å²) in [5.41, 5.74) is 0. The maximum atomic E-state index is 12.5. The van der Waals surface area contributed by atoms with Gasteiger partial charge in [-0.3, -0.25) is 4.79 Å². The summed E-state index contributed by atoms with van der Waals surface area (Å²) in [6.07, 6.45) is 1.85. The van der Waals surface area contributed by atoms with E-state index in [1.54, 1.807) is 8.61 Å². The molecule has 7 nitrogen and oxygen atoms in total. The van der Waals surface area contributed by atoms with Gasteiger partial charge in [0.25, 0.3) is 10.2 Å². The summed E-state index contributed by atoms with van der Waals surface area (Å²) in [6.45, 7) is 5.29. The van der Waals surface area contributed by atoms with Gasteiger partial charge in [0, 0.05) is 51.7 Å². The average molecular weight is 304 g/mol. The highest BCUT2D eigenvalue weighted by molar-refractivity contribution is 7.86. The minimum absolute atomic E-state index is 0.0356. The quantitative estimate of drug-likeness (QED) is 0.707. The summed E-state index contributed by atoms with van der Waals surface area (Å²) >= 11 is 0. The van der Waals surface area contributed by atoms with E-state index in [0.29, 0.717) is 58.5 Å². The molecule has 8 heteroatoms. The van der Waals surface area contributed by atoms with Crippen molar-refractivity contribution >= 4 is 16.1 Å². The number of hydrogen-bond donors (Lipinski definition) is 2. The zero-order chi connectivity index (χ0) is 14.6. The van der Waals surface area contributed by atoms with Crippen LogP contribution in [0.1, 0.15) is 26.2 Å². The van der Waals surface area contributed by atoms with Gasteiger partial charge in [0.05, 0.1) is 0 Å². The third kappa shape index (κ3) is 3.69. The van der Waals surface area contributed by atoms with Gasteiger partial charge in [-0.2, -0.15) is 17.0 Å². The molecule has 2 rings (SSSR count). The Labute approximate surface area is 120 Å². The number of piperazine rings is 1. The number of hydrogen-bond acceptors (Lipinski definition) is 4. The second-order valence-corrected chi connectivity index (χ2v) is 7.18. The molecule has 2 aliphatic heterocycles. The molecule has 0 radical (unpaired) electrons. The molecule has 0 unspecified atom stereocenters. The lowest BCUT2D eigenvalue weighted by molar-refractivity contribution is -0.121. The summed E-state index contributed by atoms with van der Waals surface area (Å²) in [5.74, 6) is 0.0356. The lowest BCUT2D eigenvalue weighted by atomic mass is 10.1. The van der Waals surface area contributed by atoms with Gasteiger partial charge in [-0.15, -0.1) is 0 Å². The molecular formula is C12H24N4O3S. The van der Waals surface area contributed by atoms with Crippen LogP contribution < -0.4 is 10.6 Å². The first-order chi connectivity index (χ1) is 9.54. The molecule has 0 spiro atoms. The molecular weight excluding hydrogens is 280 g/mol. The molecule has 0 bridgehead atoms. The molecule has 1 amide bonds. The zero-order valence-electron chi connectivity index (χ0n) is 12.0. The molecule has 2 saturated heterocycles. The first-order valence-corrected chi connectivity index (χ1v) is 8.69. The van der Waals surface area contributed by atoms with Crippen molar-refractivity contribution in [2.45, 2.75) is 32.2 Å². The molecule has 0 aliphatic carbocycles. The van der Waals surface area contributed by atoms with Gasteiger partial charge in [-0.1, -0.05) is 6.92 Å². The number of nitrogens with zero attached hydrogens (tertiary/aromatic N) is 2. The van der Waals surface area contributed by atoms with E-state index in [-0.39, 0.29) is 11.9 Å². The van der Waals surface area contributed by atoms with Crippen LogP contribution in [0.15, 0.2) is 0 Å². The van der Waals surface area contributed by atoms with Crippen molar-refractivity contribution < 1.29 is 13.2 Å². The van der Waals surface area contributed by atoms with Gasteiger partial charge < -0.3 is 10.6 Å². The second kappa shape index (κ2) is 6.84. The fourth-order valence-electron chi connectivity index (χ4n) is 2.60. The fourth-order valence-corrected chi connectivity index (χ4v) is 4.24. The number of amides is 1. The van der Waals surface area contributed by atoms with Gasteiger partial charge in [-0.05, 0) is 12.8 Å². The molecule has 0 atom stereocenters. The highest BCUT2D eigenvalue weighted by Gasteiger charge is 2.33. The Balaban J connectivity index is 1.87. The van der Waals surface area contributed by atoms with Gasteiger partial charge >= 0.3 is 0 Å². The van der Waals surface area contributed by atoms with E-state index in [1.165, 1.54) is 0 Å². The molecule has 2 fully saturated rings. The minimum Gasteiger partial charge on any atom is -0.353 e. The number of carbonyl (C=O) groups is 1. The normalized spacial score (nSPS) is 23.6. The number of piperidine rings is 1. The lowest BCUT2D eigenvalue weighted by Crippen LogP contribution is -2.54. The molecule has 2 aliphatic rings.